The summed E-state index contributed by atoms with van der Waals surface area (Å²) in [5.74, 6) is -2.58. The molecule has 2 aromatic carbocycles. The maximum atomic E-state index is 13.1. The number of nitrogens with two attached hydrogens (primary N) is 1. The van der Waals surface area contributed by atoms with Crippen molar-refractivity contribution in [3.63, 3.8) is 0 Å². The lowest BCUT2D eigenvalue weighted by Crippen LogP contribution is -2.54. The second-order valence-corrected chi connectivity index (χ2v) is 19.3. The highest BCUT2D eigenvalue weighted by Crippen LogP contribution is 2.32. The highest BCUT2D eigenvalue weighted by Gasteiger charge is 2.44. The van der Waals surface area contributed by atoms with E-state index in [-0.39, 0.29) is 71.5 Å². The second-order valence-electron chi connectivity index (χ2n) is 14.8. The van der Waals surface area contributed by atoms with Gasteiger partial charge in [0.2, 0.25) is 20.0 Å². The summed E-state index contributed by atoms with van der Waals surface area (Å²) in [7, 11) is -7.76. The number of carbonyl (C=O) groups is 2. The van der Waals surface area contributed by atoms with E-state index in [9.17, 15) is 61.5 Å². The van der Waals surface area contributed by atoms with Gasteiger partial charge in [0, 0.05) is 49.6 Å². The SMILES string of the molecule is C.NCc1cn(-c2ccc(C(F)(F)F)nc2)nc1Cl.O=C(CCc1cn(-c2ccc(C(F)(F)F)nc2)nc1Cl)[C@@H]1CCN1S(=O)(=O)c1ccc(F)cc1.O=C(O)[C@@H]1CCN1S(=O)(=O)c1ccc(F)cc1. The van der Waals surface area contributed by atoms with Crippen molar-refractivity contribution in [1.29, 1.82) is 0 Å². The second kappa shape index (κ2) is 22.0. The van der Waals surface area contributed by atoms with Gasteiger partial charge in [-0.15, -0.1) is 0 Å². The van der Waals surface area contributed by atoms with Crippen LogP contribution in [0.1, 0.15) is 49.2 Å². The molecule has 0 saturated carbocycles. The summed E-state index contributed by atoms with van der Waals surface area (Å²) >= 11 is 11.9. The number of halogens is 10. The van der Waals surface area contributed by atoms with Gasteiger partial charge in [0.1, 0.15) is 29.1 Å². The summed E-state index contributed by atoms with van der Waals surface area (Å²) in [5, 5.41) is 17.0. The number of alkyl halides is 6. The number of pyridine rings is 2. The number of benzene rings is 2. The lowest BCUT2D eigenvalue weighted by atomic mass is 9.98. The van der Waals surface area contributed by atoms with E-state index in [1.165, 1.54) is 27.7 Å². The van der Waals surface area contributed by atoms with Crippen LogP contribution in [-0.4, -0.2) is 97.0 Å². The molecule has 0 bridgehead atoms. The van der Waals surface area contributed by atoms with E-state index in [2.05, 4.69) is 20.2 Å². The molecule has 4 aromatic heterocycles. The third-order valence-electron chi connectivity index (χ3n) is 10.4. The maximum Gasteiger partial charge on any atom is 0.433 e. The number of sulfonamides is 2. The quantitative estimate of drug-likeness (QED) is 0.113. The number of nitrogens with zero attached hydrogens (tertiary/aromatic N) is 8. The Kier molecular flexibility index (Phi) is 17.3. The predicted molar refractivity (Wildman–Crippen MR) is 236 cm³/mol. The van der Waals surface area contributed by atoms with Gasteiger partial charge in [0.15, 0.2) is 16.1 Å². The van der Waals surface area contributed by atoms with Crippen molar-refractivity contribution in [2.75, 3.05) is 13.1 Å². The van der Waals surface area contributed by atoms with Crippen molar-refractivity contribution >= 4 is 55.0 Å². The fraction of sp³-hybridized carbons (Fsp3) is 0.286. The first-order chi connectivity index (χ1) is 32.3. The Morgan fingerprint density at radius 2 is 1.06 bits per heavy atom. The monoisotopic (exact) mass is 1070 g/mol. The Morgan fingerprint density at radius 3 is 1.39 bits per heavy atom. The van der Waals surface area contributed by atoms with Gasteiger partial charge in [-0.25, -0.2) is 44.9 Å². The van der Waals surface area contributed by atoms with Gasteiger partial charge in [-0.3, -0.25) is 9.59 Å². The third kappa shape index (κ3) is 12.7. The molecule has 0 aliphatic carbocycles. The Labute approximate surface area is 404 Å². The van der Waals surface area contributed by atoms with Crippen molar-refractivity contribution in [3.8, 4) is 11.4 Å². The number of Topliss-reactive ketones (excluding diaryl/α,β-unsaturated/α-hetero) is 1. The van der Waals surface area contributed by atoms with Crippen LogP contribution in [0.25, 0.3) is 11.4 Å². The number of aliphatic carboxylic acids is 1. The lowest BCUT2D eigenvalue weighted by molar-refractivity contribution is -0.145. The predicted octanol–water partition coefficient (Wildman–Crippen LogP) is 7.75. The summed E-state index contributed by atoms with van der Waals surface area (Å²) in [6.07, 6.45) is -3.10. The van der Waals surface area contributed by atoms with Gasteiger partial charge >= 0.3 is 18.3 Å². The number of carboxylic acids is 1. The molecule has 6 aromatic rings. The van der Waals surface area contributed by atoms with E-state index in [1.807, 2.05) is 0 Å². The number of hydrogen-bond acceptors (Lipinski definition) is 11. The molecule has 0 amide bonds. The molecule has 16 nitrogen and oxygen atoms in total. The first-order valence-electron chi connectivity index (χ1n) is 19.9. The summed E-state index contributed by atoms with van der Waals surface area (Å²) < 4.78 is 155. The molecule has 70 heavy (non-hydrogen) atoms. The standard InChI is InChI=1S/C21H17ClF4N4O3S.C10H8ClF3N4.C10H10FNO4S.CH4/c22-20-13(12-29(28-20)15-4-8-19(27-11-15)21(24,25)26)1-7-18(31)17-9-10-30(17)34(32,33)16-5-2-14(23)3-6-16;11-9-6(3-15)5-18(17-9)7-1-2-8(16-4-7)10(12,13)14;11-7-1-3-8(4-2-7)17(15,16)12-6-5-9(12)10(13)14;/h2-6,8,11-12,17H,1,7,9-10H2;1-2,4-5H,3,15H2;1-4,9H,5-6H2,(H,13,14);1H4/t17-;;9-;/m0.0./s1. The van der Waals surface area contributed by atoms with Crippen molar-refractivity contribution < 1.29 is 66.7 Å². The zero-order valence-corrected chi connectivity index (χ0v) is 38.1. The molecule has 0 spiro atoms. The summed E-state index contributed by atoms with van der Waals surface area (Å²) in [4.78, 5) is 30.0. The minimum Gasteiger partial charge on any atom is -0.480 e. The molecular weight excluding hydrogens is 1030 g/mol. The summed E-state index contributed by atoms with van der Waals surface area (Å²) in [6, 6.07) is 11.0. The molecule has 2 saturated heterocycles. The number of carbonyl (C=O) groups excluding carboxylic acids is 1. The van der Waals surface area contributed by atoms with Gasteiger partial charge < -0.3 is 10.8 Å². The van der Waals surface area contributed by atoms with E-state index < -0.39 is 73.5 Å². The Hall–Kier alpha value is -5.90. The molecule has 6 heterocycles. The zero-order chi connectivity index (χ0) is 50.6. The first-order valence-corrected chi connectivity index (χ1v) is 23.5. The molecule has 8 rings (SSSR count). The highest BCUT2D eigenvalue weighted by atomic mass is 35.5. The number of aryl methyl sites for hydroxylation is 1. The van der Waals surface area contributed by atoms with Crippen molar-refractivity contribution in [2.45, 2.75) is 73.9 Å². The van der Waals surface area contributed by atoms with Crippen LogP contribution in [0.4, 0.5) is 35.1 Å². The van der Waals surface area contributed by atoms with E-state index in [4.69, 9.17) is 34.0 Å². The molecule has 0 radical (unpaired) electrons. The normalized spacial score (nSPS) is 16.3. The Morgan fingerprint density at radius 1 is 0.657 bits per heavy atom. The number of rotatable bonds is 12. The number of carboxylic acid groups (broad SMARTS) is 1. The minimum absolute atomic E-state index is 0. The minimum atomic E-state index is -4.56. The molecule has 2 aliphatic heterocycles. The average molecular weight is 1070 g/mol. The number of aromatic nitrogens is 6. The fourth-order valence-electron chi connectivity index (χ4n) is 6.50. The van der Waals surface area contributed by atoms with Crippen molar-refractivity contribution in [2.24, 2.45) is 5.73 Å². The van der Waals surface area contributed by atoms with Gasteiger partial charge in [-0.05, 0) is 92.1 Å². The zero-order valence-electron chi connectivity index (χ0n) is 35.0. The highest BCUT2D eigenvalue weighted by molar-refractivity contribution is 7.89. The topological polar surface area (TPSA) is 217 Å². The van der Waals surface area contributed by atoms with E-state index in [0.717, 1.165) is 81.7 Å². The van der Waals surface area contributed by atoms with Gasteiger partial charge in [0.05, 0.1) is 39.6 Å². The van der Waals surface area contributed by atoms with Crippen LogP contribution in [0.2, 0.25) is 10.3 Å². The van der Waals surface area contributed by atoms with E-state index in [0.29, 0.717) is 29.7 Å². The summed E-state index contributed by atoms with van der Waals surface area (Å²) in [5.41, 5.74) is 5.14. The van der Waals surface area contributed by atoms with Crippen LogP contribution in [0, 0.1) is 11.6 Å². The smallest absolute Gasteiger partial charge is 0.433 e. The number of ketones is 1. The Balaban J connectivity index is 0.000000214. The van der Waals surface area contributed by atoms with Crippen LogP contribution in [0.5, 0.6) is 0 Å². The van der Waals surface area contributed by atoms with Crippen LogP contribution in [0.3, 0.4) is 0 Å². The van der Waals surface area contributed by atoms with Gasteiger partial charge in [-0.2, -0.15) is 45.2 Å². The summed E-state index contributed by atoms with van der Waals surface area (Å²) in [6.45, 7) is 0.555. The van der Waals surface area contributed by atoms with Crippen molar-refractivity contribution in [3.05, 3.63) is 142 Å². The molecule has 2 aliphatic rings. The van der Waals surface area contributed by atoms with Crippen LogP contribution < -0.4 is 5.73 Å². The first kappa shape index (κ1) is 55.0. The van der Waals surface area contributed by atoms with E-state index in [1.54, 1.807) is 6.20 Å². The molecule has 3 N–H and O–H groups in total. The van der Waals surface area contributed by atoms with Gasteiger partial charge in [0.25, 0.3) is 0 Å². The number of hydrogen-bond donors (Lipinski definition) is 2. The van der Waals surface area contributed by atoms with E-state index >= 15 is 0 Å². The van der Waals surface area contributed by atoms with Crippen molar-refractivity contribution in [1.82, 2.24) is 38.1 Å². The Bertz CT molecular complexity index is 3020. The molecule has 28 heteroatoms. The average Bonchev–Trinajstić information content (AvgIpc) is 3.83. The fourth-order valence-corrected chi connectivity index (χ4v) is 10.2. The maximum absolute atomic E-state index is 13.1. The van der Waals surface area contributed by atoms with Gasteiger partial charge in [-0.1, -0.05) is 30.6 Å². The molecular formula is C42H39Cl2F8N9O7S2. The lowest BCUT2D eigenvalue weighted by Gasteiger charge is -2.38. The third-order valence-corrected chi connectivity index (χ3v) is 14.9. The molecule has 376 valence electrons. The molecule has 2 atom stereocenters. The largest absolute Gasteiger partial charge is 0.480 e. The molecule has 2 fully saturated rings. The van der Waals surface area contributed by atoms with Crippen LogP contribution in [0.15, 0.2) is 107 Å². The molecule has 0 unspecified atom stereocenters. The van der Waals surface area contributed by atoms with Crippen LogP contribution >= 0.6 is 23.2 Å². The van der Waals surface area contributed by atoms with Crippen LogP contribution in [-0.2, 0) is 55.0 Å².